The molecule has 2 N–H and O–H groups in total. The standard InChI is InChI=1S/C21H22N4OS2/c1-13(25-10-4-7-16(25)15-6-3-9-24(15)2)19-22-20(26)18-14(12-28-21(18)23-19)17-8-5-11-27-17/h3,5-6,8-9,11-13,16H,4,7,10H2,1-2H3,(H,22,23,26)/p+1/t13-,16-/m1/s1. The number of nitrogens with zero attached hydrogens (tertiary/aromatic N) is 2. The first-order valence-corrected chi connectivity index (χ1v) is 11.4. The van der Waals surface area contributed by atoms with E-state index in [1.807, 2.05) is 11.4 Å². The Morgan fingerprint density at radius 2 is 2.21 bits per heavy atom. The van der Waals surface area contributed by atoms with Gasteiger partial charge >= 0.3 is 0 Å². The Labute approximate surface area is 171 Å². The Balaban J connectivity index is 1.52. The van der Waals surface area contributed by atoms with Crippen molar-refractivity contribution in [3.8, 4) is 10.4 Å². The number of rotatable bonds is 4. The zero-order valence-electron chi connectivity index (χ0n) is 15.9. The molecule has 0 aliphatic carbocycles. The molecule has 1 aliphatic heterocycles. The van der Waals surface area contributed by atoms with Crippen LogP contribution in [0.25, 0.3) is 20.7 Å². The zero-order chi connectivity index (χ0) is 19.3. The predicted octanol–water partition coefficient (Wildman–Crippen LogP) is 3.53. The quantitative estimate of drug-likeness (QED) is 0.540. The highest BCUT2D eigenvalue weighted by atomic mass is 32.1. The Morgan fingerprint density at radius 3 is 2.96 bits per heavy atom. The van der Waals surface area contributed by atoms with Gasteiger partial charge in [0.1, 0.15) is 16.9 Å². The van der Waals surface area contributed by atoms with Gasteiger partial charge in [0.2, 0.25) is 0 Å². The number of aryl methyl sites for hydroxylation is 1. The second-order valence-electron chi connectivity index (χ2n) is 7.54. The molecule has 0 amide bonds. The summed E-state index contributed by atoms with van der Waals surface area (Å²) in [4.78, 5) is 24.4. The van der Waals surface area contributed by atoms with E-state index in [4.69, 9.17) is 4.98 Å². The fourth-order valence-electron chi connectivity index (χ4n) is 4.52. The van der Waals surface area contributed by atoms with Gasteiger partial charge in [0.15, 0.2) is 5.82 Å². The monoisotopic (exact) mass is 411 g/mol. The molecule has 0 aromatic carbocycles. The maximum Gasteiger partial charge on any atom is 0.260 e. The highest BCUT2D eigenvalue weighted by molar-refractivity contribution is 7.18. The van der Waals surface area contributed by atoms with Crippen LogP contribution in [0.2, 0.25) is 0 Å². The second-order valence-corrected chi connectivity index (χ2v) is 9.35. The molecule has 4 aromatic heterocycles. The molecule has 0 spiro atoms. The van der Waals surface area contributed by atoms with Gasteiger partial charge in [-0.05, 0) is 30.5 Å². The second kappa shape index (κ2) is 6.99. The minimum absolute atomic E-state index is 0.0227. The van der Waals surface area contributed by atoms with Crippen molar-refractivity contribution in [1.29, 1.82) is 0 Å². The summed E-state index contributed by atoms with van der Waals surface area (Å²) in [7, 11) is 2.11. The lowest BCUT2D eigenvalue weighted by atomic mass is 10.1. The summed E-state index contributed by atoms with van der Waals surface area (Å²) < 4.78 is 2.22. The molecule has 5 rings (SSSR count). The van der Waals surface area contributed by atoms with E-state index in [2.05, 4.69) is 53.3 Å². The van der Waals surface area contributed by atoms with E-state index in [0.717, 1.165) is 33.0 Å². The van der Waals surface area contributed by atoms with Crippen molar-refractivity contribution in [3.05, 3.63) is 63.1 Å². The van der Waals surface area contributed by atoms with Gasteiger partial charge < -0.3 is 14.5 Å². The number of quaternary nitrogens is 1. The third-order valence-corrected chi connectivity index (χ3v) is 7.74. The van der Waals surface area contributed by atoms with Crippen LogP contribution < -0.4 is 10.5 Å². The lowest BCUT2D eigenvalue weighted by Crippen LogP contribution is -3.10. The molecule has 0 radical (unpaired) electrons. The van der Waals surface area contributed by atoms with E-state index in [9.17, 15) is 4.79 Å². The van der Waals surface area contributed by atoms with Crippen LogP contribution in [-0.2, 0) is 7.05 Å². The summed E-state index contributed by atoms with van der Waals surface area (Å²) >= 11 is 3.22. The summed E-state index contributed by atoms with van der Waals surface area (Å²) in [6.07, 6.45) is 4.48. The fourth-order valence-corrected chi connectivity index (χ4v) is 6.29. The molecule has 28 heavy (non-hydrogen) atoms. The molecular formula is C21H23N4OS2+. The summed E-state index contributed by atoms with van der Waals surface area (Å²) in [6.45, 7) is 3.29. The van der Waals surface area contributed by atoms with Gasteiger partial charge in [-0.1, -0.05) is 6.07 Å². The van der Waals surface area contributed by atoms with Crippen molar-refractivity contribution < 1.29 is 4.90 Å². The summed E-state index contributed by atoms with van der Waals surface area (Å²) in [5.74, 6) is 0.799. The number of hydrogen-bond acceptors (Lipinski definition) is 4. The first-order valence-electron chi connectivity index (χ1n) is 9.65. The van der Waals surface area contributed by atoms with Crippen LogP contribution in [0, 0.1) is 0 Å². The SMILES string of the molecule is C[C@H](c1nc2scc(-c3cccs3)c2c(=O)[nH]1)[NH+]1CCC[C@@H]1c1cccn1C. The minimum Gasteiger partial charge on any atom is -0.350 e. The molecule has 144 valence electrons. The van der Waals surface area contributed by atoms with Crippen molar-refractivity contribution in [2.24, 2.45) is 7.05 Å². The van der Waals surface area contributed by atoms with Gasteiger partial charge in [0.05, 0.1) is 17.6 Å². The minimum atomic E-state index is -0.0227. The molecule has 4 aromatic rings. The van der Waals surface area contributed by atoms with Crippen LogP contribution in [0.3, 0.4) is 0 Å². The van der Waals surface area contributed by atoms with E-state index in [-0.39, 0.29) is 11.6 Å². The third-order valence-electron chi connectivity index (χ3n) is 5.96. The molecule has 1 fully saturated rings. The van der Waals surface area contributed by atoms with Crippen molar-refractivity contribution >= 4 is 32.9 Å². The normalized spacial score (nSPS) is 20.8. The maximum atomic E-state index is 13.0. The van der Waals surface area contributed by atoms with Gasteiger partial charge in [-0.25, -0.2) is 4.98 Å². The average molecular weight is 412 g/mol. The van der Waals surface area contributed by atoms with Crippen LogP contribution in [0.5, 0.6) is 0 Å². The maximum absolute atomic E-state index is 13.0. The van der Waals surface area contributed by atoms with Crippen LogP contribution in [-0.4, -0.2) is 21.1 Å². The van der Waals surface area contributed by atoms with Crippen molar-refractivity contribution in [1.82, 2.24) is 14.5 Å². The molecule has 0 bridgehead atoms. The summed E-state index contributed by atoms with van der Waals surface area (Å²) in [5, 5.41) is 4.82. The van der Waals surface area contributed by atoms with E-state index in [1.54, 1.807) is 22.7 Å². The van der Waals surface area contributed by atoms with E-state index in [1.165, 1.54) is 23.4 Å². The summed E-state index contributed by atoms with van der Waals surface area (Å²) in [5.41, 5.74) is 2.34. The Bertz CT molecular complexity index is 1170. The number of likely N-dealkylation sites (tertiary alicyclic amines) is 1. The molecule has 3 atom stereocenters. The number of H-pyrrole nitrogens is 1. The first-order chi connectivity index (χ1) is 13.6. The smallest absolute Gasteiger partial charge is 0.260 e. The Kier molecular flexibility index (Phi) is 4.45. The van der Waals surface area contributed by atoms with Gasteiger partial charge in [-0.15, -0.1) is 22.7 Å². The summed E-state index contributed by atoms with van der Waals surface area (Å²) in [6, 6.07) is 8.99. The van der Waals surface area contributed by atoms with Gasteiger partial charge in [0, 0.05) is 41.9 Å². The van der Waals surface area contributed by atoms with Crippen molar-refractivity contribution in [3.63, 3.8) is 0 Å². The number of hydrogen-bond donors (Lipinski definition) is 2. The molecule has 0 saturated carbocycles. The van der Waals surface area contributed by atoms with Crippen molar-refractivity contribution in [2.45, 2.75) is 31.8 Å². The van der Waals surface area contributed by atoms with E-state index < -0.39 is 0 Å². The highest BCUT2D eigenvalue weighted by Gasteiger charge is 2.37. The lowest BCUT2D eigenvalue weighted by molar-refractivity contribution is -0.948. The predicted molar refractivity (Wildman–Crippen MR) is 115 cm³/mol. The van der Waals surface area contributed by atoms with E-state index in [0.29, 0.717) is 6.04 Å². The topological polar surface area (TPSA) is 55.1 Å². The molecule has 1 unspecified atom stereocenters. The van der Waals surface area contributed by atoms with Crippen molar-refractivity contribution in [2.75, 3.05) is 6.54 Å². The fraction of sp³-hybridized carbons (Fsp3) is 0.333. The number of aromatic nitrogens is 3. The highest BCUT2D eigenvalue weighted by Crippen LogP contribution is 2.33. The third kappa shape index (κ3) is 2.85. The van der Waals surface area contributed by atoms with E-state index >= 15 is 0 Å². The molecule has 1 saturated heterocycles. The number of aromatic amines is 1. The molecule has 5 heterocycles. The first kappa shape index (κ1) is 17.8. The molecule has 5 nitrogen and oxygen atoms in total. The van der Waals surface area contributed by atoms with Gasteiger partial charge in [-0.2, -0.15) is 0 Å². The molecule has 1 aliphatic rings. The number of nitrogens with one attached hydrogen (secondary N) is 2. The van der Waals surface area contributed by atoms with Crippen LogP contribution in [0.15, 0.2) is 46.0 Å². The van der Waals surface area contributed by atoms with Gasteiger partial charge in [-0.3, -0.25) is 4.79 Å². The Hall–Kier alpha value is -2.22. The number of fused-ring (bicyclic) bond motifs is 1. The average Bonchev–Trinajstić information content (AvgIpc) is 3.46. The van der Waals surface area contributed by atoms with Gasteiger partial charge in [0.25, 0.3) is 5.56 Å². The molecule has 7 heteroatoms. The van der Waals surface area contributed by atoms with Crippen LogP contribution >= 0.6 is 22.7 Å². The van der Waals surface area contributed by atoms with Crippen LogP contribution in [0.4, 0.5) is 0 Å². The largest absolute Gasteiger partial charge is 0.350 e. The lowest BCUT2D eigenvalue weighted by Gasteiger charge is -2.27. The van der Waals surface area contributed by atoms with Crippen LogP contribution in [0.1, 0.15) is 43.4 Å². The zero-order valence-corrected chi connectivity index (χ0v) is 17.6. The Morgan fingerprint density at radius 1 is 1.32 bits per heavy atom. The molecular weight excluding hydrogens is 388 g/mol. The number of thiophene rings is 2.